The van der Waals surface area contributed by atoms with Gasteiger partial charge in [0.25, 0.3) is 0 Å². The number of hydrogen-bond acceptors (Lipinski definition) is 2. The second-order valence-corrected chi connectivity index (χ2v) is 5.11. The van der Waals surface area contributed by atoms with Crippen molar-refractivity contribution in [1.82, 2.24) is 5.01 Å². The van der Waals surface area contributed by atoms with Crippen LogP contribution in [0.15, 0.2) is 24.3 Å². The van der Waals surface area contributed by atoms with Crippen LogP contribution in [0.2, 0.25) is 0 Å². The Morgan fingerprint density at radius 3 is 2.33 bits per heavy atom. The molecule has 0 bridgehead atoms. The number of unbranched alkanes of at least 4 members (excludes halogenated alkanes) is 1. The van der Waals surface area contributed by atoms with Gasteiger partial charge in [0.05, 0.1) is 0 Å². The number of carbonyl (C=O) groups is 1. The summed E-state index contributed by atoms with van der Waals surface area (Å²) >= 11 is 0. The summed E-state index contributed by atoms with van der Waals surface area (Å²) in [5.74, 6) is 5.94. The van der Waals surface area contributed by atoms with Gasteiger partial charge in [-0.1, -0.05) is 38.1 Å². The lowest BCUT2D eigenvalue weighted by atomic mass is 9.99. The van der Waals surface area contributed by atoms with Gasteiger partial charge < -0.3 is 0 Å². The number of amides is 1. The van der Waals surface area contributed by atoms with Crippen LogP contribution in [0.1, 0.15) is 50.2 Å². The largest absolute Gasteiger partial charge is 0.284 e. The van der Waals surface area contributed by atoms with E-state index in [0.29, 0.717) is 12.3 Å². The molecular weight excluding hydrogens is 224 g/mol. The summed E-state index contributed by atoms with van der Waals surface area (Å²) in [5.41, 5.74) is 2.71. The van der Waals surface area contributed by atoms with Gasteiger partial charge in [0, 0.05) is 13.5 Å². The van der Waals surface area contributed by atoms with Gasteiger partial charge in [-0.05, 0) is 36.3 Å². The van der Waals surface area contributed by atoms with Crippen LogP contribution < -0.4 is 5.84 Å². The predicted molar refractivity (Wildman–Crippen MR) is 75.0 cm³/mol. The number of hydrazine groups is 1. The summed E-state index contributed by atoms with van der Waals surface area (Å²) in [6.45, 7) is 4.40. The van der Waals surface area contributed by atoms with E-state index >= 15 is 0 Å². The Bertz CT molecular complexity index is 369. The van der Waals surface area contributed by atoms with E-state index in [1.54, 1.807) is 7.05 Å². The van der Waals surface area contributed by atoms with Crippen molar-refractivity contribution in [2.45, 2.75) is 45.4 Å². The Kier molecular flexibility index (Phi) is 5.86. The van der Waals surface area contributed by atoms with Crippen molar-refractivity contribution in [1.29, 1.82) is 0 Å². The van der Waals surface area contributed by atoms with Gasteiger partial charge in [0.2, 0.25) is 5.91 Å². The zero-order valence-electron chi connectivity index (χ0n) is 11.6. The smallest absolute Gasteiger partial charge is 0.236 e. The van der Waals surface area contributed by atoms with Crippen LogP contribution >= 0.6 is 0 Å². The average molecular weight is 248 g/mol. The first kappa shape index (κ1) is 14.7. The number of hydrogen-bond donors (Lipinski definition) is 1. The lowest BCUT2D eigenvalue weighted by Gasteiger charge is -2.09. The van der Waals surface area contributed by atoms with Crippen LogP contribution in [0.3, 0.4) is 0 Å². The fraction of sp³-hybridized carbons (Fsp3) is 0.533. The van der Waals surface area contributed by atoms with E-state index in [-0.39, 0.29) is 5.91 Å². The fourth-order valence-corrected chi connectivity index (χ4v) is 1.85. The Morgan fingerprint density at radius 2 is 1.83 bits per heavy atom. The van der Waals surface area contributed by atoms with Gasteiger partial charge in [-0.3, -0.25) is 9.80 Å². The molecule has 1 aromatic rings. The van der Waals surface area contributed by atoms with Crippen molar-refractivity contribution in [3.63, 3.8) is 0 Å². The molecule has 0 aliphatic carbocycles. The van der Waals surface area contributed by atoms with Gasteiger partial charge in [0.15, 0.2) is 0 Å². The molecule has 0 fully saturated rings. The van der Waals surface area contributed by atoms with Gasteiger partial charge in [-0.15, -0.1) is 0 Å². The molecule has 0 spiro atoms. The van der Waals surface area contributed by atoms with Crippen molar-refractivity contribution >= 4 is 5.91 Å². The topological polar surface area (TPSA) is 46.3 Å². The number of nitrogens with two attached hydrogens (primary N) is 1. The van der Waals surface area contributed by atoms with Gasteiger partial charge in [-0.2, -0.15) is 0 Å². The minimum atomic E-state index is 0.00477. The van der Waals surface area contributed by atoms with Crippen molar-refractivity contribution in [3.05, 3.63) is 35.4 Å². The second kappa shape index (κ2) is 7.17. The monoisotopic (exact) mass is 248 g/mol. The van der Waals surface area contributed by atoms with Gasteiger partial charge in [0.1, 0.15) is 0 Å². The van der Waals surface area contributed by atoms with E-state index in [2.05, 4.69) is 38.1 Å². The third-order valence-electron chi connectivity index (χ3n) is 3.15. The highest BCUT2D eigenvalue weighted by Crippen LogP contribution is 2.16. The molecule has 0 heterocycles. The van der Waals surface area contributed by atoms with E-state index in [9.17, 15) is 4.79 Å². The molecule has 0 saturated heterocycles. The first-order valence-electron chi connectivity index (χ1n) is 6.60. The van der Waals surface area contributed by atoms with E-state index in [0.717, 1.165) is 24.3 Å². The summed E-state index contributed by atoms with van der Waals surface area (Å²) in [7, 11) is 1.59. The second-order valence-electron chi connectivity index (χ2n) is 5.11. The molecule has 3 heteroatoms. The Hall–Kier alpha value is -1.35. The summed E-state index contributed by atoms with van der Waals surface area (Å²) in [6.07, 6.45) is 3.49. The predicted octanol–water partition coefficient (Wildman–Crippen LogP) is 2.85. The standard InChI is InChI=1S/C15H24N2O/c1-12(2)14-10-8-13(9-11-14)6-4-5-7-15(18)17(3)16/h8-12H,4-7,16H2,1-3H3. The molecule has 1 aromatic carbocycles. The van der Waals surface area contributed by atoms with Crippen molar-refractivity contribution < 1.29 is 4.79 Å². The minimum absolute atomic E-state index is 0.00477. The normalized spacial score (nSPS) is 10.7. The number of nitrogens with zero attached hydrogens (tertiary/aromatic N) is 1. The summed E-state index contributed by atoms with van der Waals surface area (Å²) in [6, 6.07) is 8.76. The first-order chi connectivity index (χ1) is 8.50. The highest BCUT2D eigenvalue weighted by atomic mass is 16.2. The van der Waals surface area contributed by atoms with Crippen LogP contribution in [-0.4, -0.2) is 18.0 Å². The molecule has 0 aromatic heterocycles. The van der Waals surface area contributed by atoms with E-state index in [1.165, 1.54) is 11.1 Å². The summed E-state index contributed by atoms with van der Waals surface area (Å²) < 4.78 is 0. The highest BCUT2D eigenvalue weighted by Gasteiger charge is 2.04. The van der Waals surface area contributed by atoms with Crippen LogP contribution in [0.5, 0.6) is 0 Å². The minimum Gasteiger partial charge on any atom is -0.284 e. The molecule has 0 atom stereocenters. The summed E-state index contributed by atoms with van der Waals surface area (Å²) in [4.78, 5) is 11.3. The maximum Gasteiger partial charge on any atom is 0.236 e. The maximum absolute atomic E-state index is 11.3. The van der Waals surface area contributed by atoms with Crippen LogP contribution in [-0.2, 0) is 11.2 Å². The molecule has 100 valence electrons. The van der Waals surface area contributed by atoms with Crippen LogP contribution in [0.4, 0.5) is 0 Å². The molecule has 1 rings (SSSR count). The quantitative estimate of drug-likeness (QED) is 0.364. The molecule has 3 nitrogen and oxygen atoms in total. The lowest BCUT2D eigenvalue weighted by Crippen LogP contribution is -2.32. The Balaban J connectivity index is 2.29. The van der Waals surface area contributed by atoms with Gasteiger partial charge in [-0.25, -0.2) is 5.84 Å². The van der Waals surface area contributed by atoms with Crippen molar-refractivity contribution in [2.75, 3.05) is 7.05 Å². The average Bonchev–Trinajstić information content (AvgIpc) is 2.34. The third-order valence-corrected chi connectivity index (χ3v) is 3.15. The van der Waals surface area contributed by atoms with E-state index < -0.39 is 0 Å². The number of aryl methyl sites for hydroxylation is 1. The maximum atomic E-state index is 11.3. The molecule has 18 heavy (non-hydrogen) atoms. The number of benzene rings is 1. The molecule has 2 N–H and O–H groups in total. The molecule has 0 saturated carbocycles. The first-order valence-corrected chi connectivity index (χ1v) is 6.60. The van der Waals surface area contributed by atoms with Gasteiger partial charge >= 0.3 is 0 Å². The van der Waals surface area contributed by atoms with Crippen molar-refractivity contribution in [2.24, 2.45) is 5.84 Å². The SMILES string of the molecule is CC(C)c1ccc(CCCCC(=O)N(C)N)cc1. The molecule has 0 radical (unpaired) electrons. The van der Waals surface area contributed by atoms with Crippen molar-refractivity contribution in [3.8, 4) is 0 Å². The molecule has 1 amide bonds. The lowest BCUT2D eigenvalue weighted by molar-refractivity contribution is -0.130. The van der Waals surface area contributed by atoms with E-state index in [1.807, 2.05) is 0 Å². The zero-order chi connectivity index (χ0) is 13.5. The Labute approximate surface area is 110 Å². The molecule has 0 aliphatic rings. The molecule has 0 aliphatic heterocycles. The van der Waals surface area contributed by atoms with Crippen LogP contribution in [0.25, 0.3) is 0 Å². The zero-order valence-corrected chi connectivity index (χ0v) is 11.6. The number of carbonyl (C=O) groups excluding carboxylic acids is 1. The molecular formula is C15H24N2O. The fourth-order valence-electron chi connectivity index (χ4n) is 1.85. The summed E-state index contributed by atoms with van der Waals surface area (Å²) in [5, 5.41) is 1.16. The highest BCUT2D eigenvalue weighted by molar-refractivity contribution is 5.75. The molecule has 0 unspecified atom stereocenters. The van der Waals surface area contributed by atoms with E-state index in [4.69, 9.17) is 5.84 Å². The Morgan fingerprint density at radius 1 is 1.22 bits per heavy atom. The van der Waals surface area contributed by atoms with Crippen LogP contribution in [0, 0.1) is 0 Å². The third kappa shape index (κ3) is 4.88. The number of rotatable bonds is 6.